The van der Waals surface area contributed by atoms with Crippen molar-refractivity contribution >= 4 is 5.78 Å². The summed E-state index contributed by atoms with van der Waals surface area (Å²) < 4.78 is 0. The van der Waals surface area contributed by atoms with Gasteiger partial charge in [-0.15, -0.1) is 0 Å². The number of hydrogen-bond donors (Lipinski definition) is 1. The molecule has 0 aliphatic heterocycles. The van der Waals surface area contributed by atoms with E-state index in [1.807, 2.05) is 0 Å². The number of Topliss-reactive ketones (excluding diaryl/α,β-unsaturated/α-hetero) is 1. The number of rotatable bonds is 3. The van der Waals surface area contributed by atoms with Gasteiger partial charge < -0.3 is 5.11 Å². The van der Waals surface area contributed by atoms with Crippen LogP contribution < -0.4 is 0 Å². The Morgan fingerprint density at radius 3 is 2.35 bits per heavy atom. The van der Waals surface area contributed by atoms with E-state index < -0.39 is 0 Å². The molecule has 1 N–H and O–H groups in total. The second kappa shape index (κ2) is 4.17. The van der Waals surface area contributed by atoms with Crippen molar-refractivity contribution in [3.63, 3.8) is 0 Å². The van der Waals surface area contributed by atoms with Gasteiger partial charge in [0.2, 0.25) is 0 Å². The van der Waals surface area contributed by atoms with E-state index in [4.69, 9.17) is 0 Å². The average Bonchev–Trinajstić information content (AvgIpc) is 2.46. The monoisotopic (exact) mass is 270 g/mol. The number of aliphatic hydroxyl groups is 1. The van der Waals surface area contributed by atoms with Gasteiger partial charge in [-0.2, -0.15) is 0 Å². The fourth-order valence-corrected chi connectivity index (χ4v) is 5.89. The van der Waals surface area contributed by atoms with E-state index in [0.29, 0.717) is 11.8 Å². The molecular formula is C18H22O2. The molecule has 4 bridgehead atoms. The molecule has 0 amide bonds. The molecule has 0 spiro atoms. The molecule has 0 aromatic heterocycles. The topological polar surface area (TPSA) is 37.3 Å². The molecule has 0 heterocycles. The van der Waals surface area contributed by atoms with E-state index in [1.165, 1.54) is 24.8 Å². The van der Waals surface area contributed by atoms with Crippen molar-refractivity contribution in [1.82, 2.24) is 0 Å². The van der Waals surface area contributed by atoms with Crippen LogP contribution in [0.4, 0.5) is 0 Å². The minimum Gasteiger partial charge on any atom is -0.389 e. The number of ketones is 1. The van der Waals surface area contributed by atoms with Gasteiger partial charge in [0, 0.05) is 5.41 Å². The highest BCUT2D eigenvalue weighted by atomic mass is 16.3. The quantitative estimate of drug-likeness (QED) is 0.916. The van der Waals surface area contributed by atoms with Crippen LogP contribution in [0.5, 0.6) is 0 Å². The number of carbonyl (C=O) groups excluding carboxylic acids is 1. The lowest BCUT2D eigenvalue weighted by Gasteiger charge is -2.61. The lowest BCUT2D eigenvalue weighted by atomic mass is 9.42. The summed E-state index contributed by atoms with van der Waals surface area (Å²) in [6, 6.07) is 10.8. The highest BCUT2D eigenvalue weighted by molar-refractivity contribution is 5.86. The van der Waals surface area contributed by atoms with Crippen molar-refractivity contribution in [3.05, 3.63) is 35.9 Å². The minimum atomic E-state index is -0.274. The lowest BCUT2D eigenvalue weighted by Crippen LogP contribution is -2.57. The Morgan fingerprint density at radius 2 is 1.75 bits per heavy atom. The van der Waals surface area contributed by atoms with Crippen LogP contribution in [0.1, 0.15) is 44.1 Å². The molecule has 2 heteroatoms. The van der Waals surface area contributed by atoms with E-state index in [1.54, 1.807) is 0 Å². The molecule has 0 radical (unpaired) electrons. The molecule has 20 heavy (non-hydrogen) atoms. The smallest absolute Gasteiger partial charge is 0.164 e. The van der Waals surface area contributed by atoms with E-state index in [2.05, 4.69) is 30.3 Å². The van der Waals surface area contributed by atoms with Gasteiger partial charge in [-0.1, -0.05) is 30.3 Å². The van der Waals surface area contributed by atoms with Gasteiger partial charge in [-0.05, 0) is 61.3 Å². The second-order valence-electron chi connectivity index (χ2n) is 7.47. The van der Waals surface area contributed by atoms with Crippen LogP contribution in [-0.4, -0.2) is 17.5 Å². The Kier molecular flexibility index (Phi) is 2.62. The van der Waals surface area contributed by atoms with E-state index >= 15 is 0 Å². The maximum Gasteiger partial charge on any atom is 0.164 e. The summed E-state index contributed by atoms with van der Waals surface area (Å²) in [5.41, 5.74) is 1.41. The van der Waals surface area contributed by atoms with Gasteiger partial charge in [0.15, 0.2) is 5.78 Å². The lowest BCUT2D eigenvalue weighted by molar-refractivity contribution is -0.149. The van der Waals surface area contributed by atoms with Gasteiger partial charge in [0.25, 0.3) is 0 Å². The molecule has 106 valence electrons. The van der Waals surface area contributed by atoms with Crippen LogP contribution in [0.2, 0.25) is 0 Å². The van der Waals surface area contributed by atoms with Crippen LogP contribution >= 0.6 is 0 Å². The largest absolute Gasteiger partial charge is 0.389 e. The first-order chi connectivity index (χ1) is 9.66. The third-order valence-electron chi connectivity index (χ3n) is 6.18. The van der Waals surface area contributed by atoms with E-state index in [0.717, 1.165) is 19.3 Å². The zero-order valence-electron chi connectivity index (χ0n) is 11.8. The van der Waals surface area contributed by atoms with Crippen molar-refractivity contribution in [1.29, 1.82) is 0 Å². The standard InChI is InChI=1S/C18H22O2/c19-11-16(20)18-9-13-6-14(10-18)8-17(7-13,12-18)15-4-2-1-3-5-15/h1-5,13-14,19H,6-12H2/t13-,14+,17?,18?. The summed E-state index contributed by atoms with van der Waals surface area (Å²) in [5, 5.41) is 9.40. The second-order valence-corrected chi connectivity index (χ2v) is 7.47. The van der Waals surface area contributed by atoms with Gasteiger partial charge >= 0.3 is 0 Å². The molecule has 4 aliphatic carbocycles. The minimum absolute atomic E-state index is 0.104. The number of aliphatic hydroxyl groups excluding tert-OH is 1. The Balaban J connectivity index is 1.78. The van der Waals surface area contributed by atoms with Crippen LogP contribution in [0.25, 0.3) is 0 Å². The first kappa shape index (κ1) is 12.6. The molecule has 5 rings (SSSR count). The van der Waals surface area contributed by atoms with Crippen LogP contribution in [0.3, 0.4) is 0 Å². The third-order valence-corrected chi connectivity index (χ3v) is 6.18. The Hall–Kier alpha value is -1.15. The van der Waals surface area contributed by atoms with Crippen molar-refractivity contribution < 1.29 is 9.90 Å². The van der Waals surface area contributed by atoms with Crippen LogP contribution in [0.15, 0.2) is 30.3 Å². The Bertz CT molecular complexity index is 520. The summed E-state index contributed by atoms with van der Waals surface area (Å²) >= 11 is 0. The van der Waals surface area contributed by atoms with Crippen LogP contribution in [0, 0.1) is 17.3 Å². The molecule has 2 unspecified atom stereocenters. The molecule has 4 aliphatic rings. The summed E-state index contributed by atoms with van der Waals surface area (Å²) in [5.74, 6) is 1.48. The number of benzene rings is 1. The fourth-order valence-electron chi connectivity index (χ4n) is 5.89. The maximum absolute atomic E-state index is 12.4. The average molecular weight is 270 g/mol. The number of hydrogen-bond acceptors (Lipinski definition) is 2. The predicted octanol–water partition coefficient (Wildman–Crippen LogP) is 3.09. The molecule has 4 atom stereocenters. The van der Waals surface area contributed by atoms with E-state index in [-0.39, 0.29) is 23.2 Å². The van der Waals surface area contributed by atoms with E-state index in [9.17, 15) is 9.90 Å². The molecule has 2 nitrogen and oxygen atoms in total. The van der Waals surface area contributed by atoms with Gasteiger partial charge in [0.1, 0.15) is 6.61 Å². The Labute approximate surface area is 120 Å². The zero-order valence-corrected chi connectivity index (χ0v) is 11.8. The van der Waals surface area contributed by atoms with Gasteiger partial charge in [-0.25, -0.2) is 0 Å². The normalized spacial score (nSPS) is 41.9. The van der Waals surface area contributed by atoms with Crippen LogP contribution in [-0.2, 0) is 10.2 Å². The molecule has 4 saturated carbocycles. The highest BCUT2D eigenvalue weighted by Gasteiger charge is 2.60. The summed E-state index contributed by atoms with van der Waals surface area (Å²) in [6.07, 6.45) is 6.81. The number of carbonyl (C=O) groups is 1. The summed E-state index contributed by atoms with van der Waals surface area (Å²) in [7, 11) is 0. The van der Waals surface area contributed by atoms with Crippen molar-refractivity contribution in [3.8, 4) is 0 Å². The molecule has 1 aromatic rings. The van der Waals surface area contributed by atoms with Gasteiger partial charge in [-0.3, -0.25) is 4.79 Å². The molecule has 0 saturated heterocycles. The fraction of sp³-hybridized carbons (Fsp3) is 0.611. The van der Waals surface area contributed by atoms with Crippen molar-refractivity contribution in [2.24, 2.45) is 17.3 Å². The SMILES string of the molecule is O=C(CO)C12C[C@H]3C[C@@H](C1)CC(c1ccccc1)(C3)C2. The molecule has 1 aromatic carbocycles. The van der Waals surface area contributed by atoms with Crippen molar-refractivity contribution in [2.45, 2.75) is 43.9 Å². The molecule has 4 fully saturated rings. The first-order valence-corrected chi connectivity index (χ1v) is 7.86. The Morgan fingerprint density at radius 1 is 1.10 bits per heavy atom. The highest BCUT2D eigenvalue weighted by Crippen LogP contribution is 2.65. The maximum atomic E-state index is 12.4. The van der Waals surface area contributed by atoms with Crippen molar-refractivity contribution in [2.75, 3.05) is 6.61 Å². The first-order valence-electron chi connectivity index (χ1n) is 7.86. The predicted molar refractivity (Wildman–Crippen MR) is 77.3 cm³/mol. The summed E-state index contributed by atoms with van der Waals surface area (Å²) in [4.78, 5) is 12.4. The zero-order chi connectivity index (χ0) is 13.8. The summed E-state index contributed by atoms with van der Waals surface area (Å²) in [6.45, 7) is -0.274. The molecular weight excluding hydrogens is 248 g/mol. The third kappa shape index (κ3) is 1.64. The van der Waals surface area contributed by atoms with Gasteiger partial charge in [0.05, 0.1) is 0 Å².